The fraction of sp³-hybridized carbons (Fsp3) is 0.379. The molecule has 0 N–H and O–H groups in total. The number of nitriles is 1. The number of aromatic nitrogens is 1. The van der Waals surface area contributed by atoms with Crippen LogP contribution in [0.3, 0.4) is 0 Å². The third-order valence-corrected chi connectivity index (χ3v) is 6.46. The molecular weight excluding hydrogens is 422 g/mol. The summed E-state index contributed by atoms with van der Waals surface area (Å²) in [5.41, 5.74) is 7.89. The monoisotopic (exact) mass is 455 g/mol. The molecule has 2 aromatic carbocycles. The summed E-state index contributed by atoms with van der Waals surface area (Å²) < 4.78 is 8.04. The number of rotatable bonds is 6. The minimum Gasteiger partial charge on any atom is -0.372 e. The third-order valence-electron chi connectivity index (χ3n) is 6.46. The molecule has 1 amide bonds. The highest BCUT2D eigenvalue weighted by molar-refractivity contribution is 5.77. The highest BCUT2D eigenvalue weighted by atomic mass is 16.5. The molecule has 2 unspecified atom stereocenters. The Morgan fingerprint density at radius 1 is 1.03 bits per heavy atom. The van der Waals surface area contributed by atoms with Gasteiger partial charge in [0.2, 0.25) is 5.91 Å². The van der Waals surface area contributed by atoms with Gasteiger partial charge in [-0.1, -0.05) is 35.9 Å². The van der Waals surface area contributed by atoms with E-state index in [1.165, 1.54) is 16.7 Å². The first-order valence-corrected chi connectivity index (χ1v) is 12.0. The van der Waals surface area contributed by atoms with E-state index in [2.05, 4.69) is 66.9 Å². The van der Waals surface area contributed by atoms with Crippen molar-refractivity contribution in [2.45, 2.75) is 59.2 Å². The summed E-state index contributed by atoms with van der Waals surface area (Å²) in [5.74, 6) is 0.173. The van der Waals surface area contributed by atoms with Crippen molar-refractivity contribution in [2.24, 2.45) is 0 Å². The van der Waals surface area contributed by atoms with E-state index < -0.39 is 0 Å². The van der Waals surface area contributed by atoms with Gasteiger partial charge in [0.1, 0.15) is 0 Å². The topological polar surface area (TPSA) is 58.3 Å². The minimum atomic E-state index is 0.0691. The second kappa shape index (κ2) is 10.3. The van der Waals surface area contributed by atoms with Crippen LogP contribution in [0.15, 0.2) is 54.6 Å². The summed E-state index contributed by atoms with van der Waals surface area (Å²) in [6.45, 7) is 9.59. The van der Waals surface area contributed by atoms with E-state index in [0.717, 1.165) is 22.6 Å². The van der Waals surface area contributed by atoms with Crippen molar-refractivity contribution < 1.29 is 9.53 Å². The standard InChI is InChI=1S/C29H33N3O2/c1-20-5-12-27(21(2)17-20)28-13-10-26(32(28)25-8-6-24(7-9-25)15-16-30)11-14-29(33)31-18-22(3)34-23(4)19-31/h5-10,12-13,17,22-23H,11,14-15,18-19H2,1-4H3. The van der Waals surface area contributed by atoms with Crippen LogP contribution in [0.2, 0.25) is 0 Å². The summed E-state index contributed by atoms with van der Waals surface area (Å²) in [5, 5.41) is 9.03. The van der Waals surface area contributed by atoms with Crippen LogP contribution >= 0.6 is 0 Å². The molecular formula is C29H33N3O2. The lowest BCUT2D eigenvalue weighted by Gasteiger charge is -2.35. The molecule has 34 heavy (non-hydrogen) atoms. The lowest BCUT2D eigenvalue weighted by Crippen LogP contribution is -2.48. The molecule has 0 saturated carbocycles. The van der Waals surface area contributed by atoms with Gasteiger partial charge in [0, 0.05) is 36.5 Å². The summed E-state index contributed by atoms with van der Waals surface area (Å²) in [7, 11) is 0. The largest absolute Gasteiger partial charge is 0.372 e. The number of benzene rings is 2. The lowest BCUT2D eigenvalue weighted by molar-refractivity contribution is -0.143. The normalized spacial score (nSPS) is 18.0. The number of nitrogens with zero attached hydrogens (tertiary/aromatic N) is 3. The predicted molar refractivity (Wildman–Crippen MR) is 135 cm³/mol. The van der Waals surface area contributed by atoms with Crippen LogP contribution in [0.1, 0.15) is 42.7 Å². The Morgan fingerprint density at radius 2 is 1.74 bits per heavy atom. The summed E-state index contributed by atoms with van der Waals surface area (Å²) in [6, 6.07) is 21.2. The quantitative estimate of drug-likeness (QED) is 0.500. The fourth-order valence-corrected chi connectivity index (χ4v) is 4.92. The van der Waals surface area contributed by atoms with E-state index in [0.29, 0.717) is 32.4 Å². The zero-order valence-electron chi connectivity index (χ0n) is 20.5. The van der Waals surface area contributed by atoms with Gasteiger partial charge in [-0.2, -0.15) is 5.26 Å². The molecule has 5 nitrogen and oxygen atoms in total. The number of carbonyl (C=O) groups excluding carboxylic acids is 1. The van der Waals surface area contributed by atoms with Crippen molar-refractivity contribution in [1.82, 2.24) is 9.47 Å². The minimum absolute atomic E-state index is 0.0691. The average molecular weight is 456 g/mol. The molecule has 5 heteroatoms. The number of carbonyl (C=O) groups is 1. The molecule has 176 valence electrons. The summed E-state index contributed by atoms with van der Waals surface area (Å²) in [4.78, 5) is 15.0. The Hall–Kier alpha value is -3.36. The van der Waals surface area contributed by atoms with E-state index in [1.54, 1.807) is 0 Å². The number of hydrogen-bond acceptors (Lipinski definition) is 3. The number of hydrogen-bond donors (Lipinski definition) is 0. The summed E-state index contributed by atoms with van der Waals surface area (Å²) >= 11 is 0. The van der Waals surface area contributed by atoms with E-state index in [-0.39, 0.29) is 18.1 Å². The zero-order chi connectivity index (χ0) is 24.2. The van der Waals surface area contributed by atoms with E-state index >= 15 is 0 Å². The molecule has 0 aliphatic carbocycles. The van der Waals surface area contributed by atoms with Crippen molar-refractivity contribution in [3.8, 4) is 23.0 Å². The van der Waals surface area contributed by atoms with Crippen LogP contribution in [0.4, 0.5) is 0 Å². The molecule has 1 aliphatic rings. The van der Waals surface area contributed by atoms with Gasteiger partial charge in [0.25, 0.3) is 0 Å². The van der Waals surface area contributed by atoms with Gasteiger partial charge in [-0.15, -0.1) is 0 Å². The van der Waals surface area contributed by atoms with E-state index in [4.69, 9.17) is 10.00 Å². The maximum atomic E-state index is 13.0. The Labute approximate surface area is 202 Å². The van der Waals surface area contributed by atoms with Crippen LogP contribution < -0.4 is 0 Å². The SMILES string of the molecule is Cc1ccc(-c2ccc(CCC(=O)N3CC(C)OC(C)C3)n2-c2ccc(CC#N)cc2)c(C)c1. The van der Waals surface area contributed by atoms with Crippen LogP contribution in [-0.4, -0.2) is 40.7 Å². The smallest absolute Gasteiger partial charge is 0.223 e. The maximum absolute atomic E-state index is 13.0. The lowest BCUT2D eigenvalue weighted by atomic mass is 10.0. The van der Waals surface area contributed by atoms with E-state index in [1.807, 2.05) is 30.9 Å². The first-order valence-electron chi connectivity index (χ1n) is 12.0. The Bertz CT molecular complexity index is 1190. The first-order chi connectivity index (χ1) is 16.4. The molecule has 3 aromatic rings. The molecule has 1 saturated heterocycles. The van der Waals surface area contributed by atoms with Gasteiger partial charge in [0.05, 0.1) is 30.4 Å². The molecule has 0 spiro atoms. The Kier molecular flexibility index (Phi) is 7.19. The first kappa shape index (κ1) is 23.8. The zero-order valence-corrected chi connectivity index (χ0v) is 20.5. The van der Waals surface area contributed by atoms with Gasteiger partial charge in [-0.3, -0.25) is 4.79 Å². The molecule has 1 fully saturated rings. The predicted octanol–water partition coefficient (Wildman–Crippen LogP) is 5.40. The number of ether oxygens (including phenoxy) is 1. The molecule has 4 rings (SSSR count). The molecule has 0 bridgehead atoms. The van der Waals surface area contributed by atoms with Crippen LogP contribution in [0.5, 0.6) is 0 Å². The van der Waals surface area contributed by atoms with Gasteiger partial charge in [-0.25, -0.2) is 0 Å². The molecule has 1 aliphatic heterocycles. The van der Waals surface area contributed by atoms with Crippen molar-refractivity contribution in [3.05, 3.63) is 77.0 Å². The average Bonchev–Trinajstić information content (AvgIpc) is 3.21. The van der Waals surface area contributed by atoms with Crippen molar-refractivity contribution in [3.63, 3.8) is 0 Å². The van der Waals surface area contributed by atoms with Gasteiger partial charge < -0.3 is 14.2 Å². The highest BCUT2D eigenvalue weighted by Gasteiger charge is 2.26. The number of morpholine rings is 1. The van der Waals surface area contributed by atoms with Gasteiger partial charge >= 0.3 is 0 Å². The van der Waals surface area contributed by atoms with Gasteiger partial charge in [0.15, 0.2) is 0 Å². The Balaban J connectivity index is 1.65. The molecule has 1 aromatic heterocycles. The van der Waals surface area contributed by atoms with Crippen LogP contribution in [0.25, 0.3) is 16.9 Å². The fourth-order valence-electron chi connectivity index (χ4n) is 4.92. The molecule has 2 atom stereocenters. The van der Waals surface area contributed by atoms with Gasteiger partial charge in [-0.05, 0) is 69.5 Å². The van der Waals surface area contributed by atoms with Crippen LogP contribution in [-0.2, 0) is 22.4 Å². The van der Waals surface area contributed by atoms with Crippen LogP contribution in [0, 0.1) is 25.2 Å². The van der Waals surface area contributed by atoms with Crippen molar-refractivity contribution in [2.75, 3.05) is 13.1 Å². The molecule has 0 radical (unpaired) electrons. The third kappa shape index (κ3) is 5.24. The number of amides is 1. The van der Waals surface area contributed by atoms with E-state index in [9.17, 15) is 4.79 Å². The Morgan fingerprint density at radius 3 is 2.38 bits per heavy atom. The van der Waals surface area contributed by atoms with Crippen molar-refractivity contribution >= 4 is 5.91 Å². The molecule has 2 heterocycles. The second-order valence-electron chi connectivity index (χ2n) is 9.42. The highest BCUT2D eigenvalue weighted by Crippen LogP contribution is 2.30. The van der Waals surface area contributed by atoms with Crippen molar-refractivity contribution in [1.29, 1.82) is 5.26 Å². The second-order valence-corrected chi connectivity index (χ2v) is 9.42. The maximum Gasteiger partial charge on any atom is 0.223 e. The summed E-state index contributed by atoms with van der Waals surface area (Å²) in [6.07, 6.45) is 1.65. The number of aryl methyl sites for hydroxylation is 3.